The molecule has 0 amide bonds. The molecule has 0 rings (SSSR count). The second-order valence-corrected chi connectivity index (χ2v) is 8.72. The number of hydrogen-bond acceptors (Lipinski definition) is 5. The van der Waals surface area contributed by atoms with Crippen molar-refractivity contribution >= 4 is 17.9 Å². The summed E-state index contributed by atoms with van der Waals surface area (Å²) in [5, 5.41) is 8.71. The first-order valence-corrected chi connectivity index (χ1v) is 11.9. The standard InChI is InChI=1S/C24H44O6/c1-19(2)17-15-13-11-9-7-5-6-8-10-12-14-16-18-22(25)29-21(4)24(28)30-20(3)23(26)27/h19-21H,5-18H2,1-4H3,(H,26,27)/t20-,21-/m1/s1. The number of carboxylic acid groups (broad SMARTS) is 1. The fourth-order valence-electron chi connectivity index (χ4n) is 3.21. The Morgan fingerprint density at radius 3 is 1.50 bits per heavy atom. The van der Waals surface area contributed by atoms with E-state index in [9.17, 15) is 14.4 Å². The van der Waals surface area contributed by atoms with Crippen LogP contribution in [0.5, 0.6) is 0 Å². The second kappa shape index (κ2) is 18.2. The van der Waals surface area contributed by atoms with Gasteiger partial charge in [0, 0.05) is 6.42 Å². The van der Waals surface area contributed by atoms with Crippen LogP contribution in [0.1, 0.15) is 118 Å². The van der Waals surface area contributed by atoms with E-state index in [2.05, 4.69) is 18.6 Å². The molecule has 0 aromatic rings. The van der Waals surface area contributed by atoms with Gasteiger partial charge in [0.25, 0.3) is 0 Å². The highest BCUT2D eigenvalue weighted by Crippen LogP contribution is 2.14. The number of ether oxygens (including phenoxy) is 2. The summed E-state index contributed by atoms with van der Waals surface area (Å²) in [5.41, 5.74) is 0. The van der Waals surface area contributed by atoms with E-state index >= 15 is 0 Å². The Hall–Kier alpha value is -1.59. The van der Waals surface area contributed by atoms with Crippen molar-refractivity contribution in [3.63, 3.8) is 0 Å². The third-order valence-corrected chi connectivity index (χ3v) is 5.19. The third kappa shape index (κ3) is 17.3. The van der Waals surface area contributed by atoms with Gasteiger partial charge in [-0.05, 0) is 26.2 Å². The second-order valence-electron chi connectivity index (χ2n) is 8.72. The molecule has 0 saturated heterocycles. The number of esters is 2. The highest BCUT2D eigenvalue weighted by Gasteiger charge is 2.23. The quantitative estimate of drug-likeness (QED) is 0.199. The smallest absolute Gasteiger partial charge is 0.347 e. The van der Waals surface area contributed by atoms with E-state index in [4.69, 9.17) is 9.84 Å². The van der Waals surface area contributed by atoms with E-state index in [1.54, 1.807) is 0 Å². The summed E-state index contributed by atoms with van der Waals surface area (Å²) in [5.74, 6) is -1.69. The van der Waals surface area contributed by atoms with Crippen molar-refractivity contribution in [2.75, 3.05) is 0 Å². The molecule has 0 aliphatic heterocycles. The number of carbonyl (C=O) groups excluding carboxylic acids is 2. The molecule has 0 fully saturated rings. The summed E-state index contributed by atoms with van der Waals surface area (Å²) >= 11 is 0. The van der Waals surface area contributed by atoms with E-state index in [0.29, 0.717) is 0 Å². The van der Waals surface area contributed by atoms with Crippen LogP contribution in [0, 0.1) is 5.92 Å². The van der Waals surface area contributed by atoms with Crippen molar-refractivity contribution in [3.8, 4) is 0 Å². The molecule has 0 aromatic carbocycles. The number of carbonyl (C=O) groups is 3. The third-order valence-electron chi connectivity index (χ3n) is 5.19. The predicted octanol–water partition coefficient (Wildman–Crippen LogP) is 6.05. The fourth-order valence-corrected chi connectivity index (χ4v) is 3.21. The lowest BCUT2D eigenvalue weighted by Gasteiger charge is -2.14. The number of unbranched alkanes of at least 4 members (excludes halogenated alkanes) is 11. The fraction of sp³-hybridized carbons (Fsp3) is 0.875. The highest BCUT2D eigenvalue weighted by molar-refractivity contribution is 5.82. The minimum atomic E-state index is -1.26. The van der Waals surface area contributed by atoms with E-state index in [1.165, 1.54) is 78.1 Å². The zero-order chi connectivity index (χ0) is 22.8. The maximum Gasteiger partial charge on any atom is 0.347 e. The lowest BCUT2D eigenvalue weighted by Crippen LogP contribution is -2.32. The van der Waals surface area contributed by atoms with Crippen LogP contribution in [0.3, 0.4) is 0 Å². The summed E-state index contributed by atoms with van der Waals surface area (Å²) in [6.45, 7) is 7.22. The maximum atomic E-state index is 11.8. The Labute approximate surface area is 183 Å². The molecule has 0 aliphatic carbocycles. The SMILES string of the molecule is CC(C)CCCCCCCCCCCCCCC(=O)O[C@H](C)C(=O)O[C@H](C)C(=O)O. The van der Waals surface area contributed by atoms with Gasteiger partial charge in [0.05, 0.1) is 0 Å². The van der Waals surface area contributed by atoms with Crippen molar-refractivity contribution in [1.82, 2.24) is 0 Å². The van der Waals surface area contributed by atoms with Crippen molar-refractivity contribution in [3.05, 3.63) is 0 Å². The molecule has 6 heteroatoms. The summed E-state index contributed by atoms with van der Waals surface area (Å²) in [7, 11) is 0. The summed E-state index contributed by atoms with van der Waals surface area (Å²) in [6, 6.07) is 0. The molecule has 0 unspecified atom stereocenters. The lowest BCUT2D eigenvalue weighted by molar-refractivity contribution is -0.174. The molecule has 6 nitrogen and oxygen atoms in total. The molecule has 176 valence electrons. The van der Waals surface area contributed by atoms with Crippen molar-refractivity contribution in [2.24, 2.45) is 5.92 Å². The van der Waals surface area contributed by atoms with Crippen LogP contribution in [0.25, 0.3) is 0 Å². The average molecular weight is 429 g/mol. The molecule has 2 atom stereocenters. The van der Waals surface area contributed by atoms with E-state index in [-0.39, 0.29) is 6.42 Å². The van der Waals surface area contributed by atoms with Crippen molar-refractivity contribution < 1.29 is 29.0 Å². The highest BCUT2D eigenvalue weighted by atomic mass is 16.6. The molecule has 0 aromatic heterocycles. The van der Waals surface area contributed by atoms with Gasteiger partial charge in [0.1, 0.15) is 0 Å². The Morgan fingerprint density at radius 1 is 0.633 bits per heavy atom. The molecule has 30 heavy (non-hydrogen) atoms. The number of hydrogen-bond donors (Lipinski definition) is 1. The molecule has 0 radical (unpaired) electrons. The first kappa shape index (κ1) is 28.4. The van der Waals surface area contributed by atoms with Crippen LogP contribution < -0.4 is 0 Å². The normalized spacial score (nSPS) is 13.1. The monoisotopic (exact) mass is 428 g/mol. The van der Waals surface area contributed by atoms with Crippen LogP contribution in [-0.4, -0.2) is 35.2 Å². The summed E-state index contributed by atoms with van der Waals surface area (Å²) in [4.78, 5) is 34.1. The minimum absolute atomic E-state index is 0.267. The lowest BCUT2D eigenvalue weighted by atomic mass is 10.0. The molecule has 1 N–H and O–H groups in total. The van der Waals surface area contributed by atoms with Gasteiger partial charge in [0.2, 0.25) is 0 Å². The first-order chi connectivity index (χ1) is 14.2. The van der Waals surface area contributed by atoms with Gasteiger partial charge < -0.3 is 14.6 Å². The van der Waals surface area contributed by atoms with E-state index in [0.717, 1.165) is 25.2 Å². The largest absolute Gasteiger partial charge is 0.479 e. The number of aliphatic carboxylic acids is 1. The Morgan fingerprint density at radius 2 is 1.07 bits per heavy atom. The molecular weight excluding hydrogens is 384 g/mol. The van der Waals surface area contributed by atoms with Crippen LogP contribution in [0.15, 0.2) is 0 Å². The van der Waals surface area contributed by atoms with Crippen LogP contribution >= 0.6 is 0 Å². The van der Waals surface area contributed by atoms with Gasteiger partial charge >= 0.3 is 17.9 Å². The summed E-state index contributed by atoms with van der Waals surface area (Å²) < 4.78 is 9.69. The van der Waals surface area contributed by atoms with Crippen LogP contribution in [-0.2, 0) is 23.9 Å². The molecule has 0 spiro atoms. The van der Waals surface area contributed by atoms with Gasteiger partial charge in [-0.3, -0.25) is 4.79 Å². The Bertz CT molecular complexity index is 474. The van der Waals surface area contributed by atoms with Gasteiger partial charge in [-0.25, -0.2) is 9.59 Å². The zero-order valence-corrected chi connectivity index (χ0v) is 19.6. The maximum absolute atomic E-state index is 11.8. The Kier molecular flexibility index (Phi) is 17.2. The summed E-state index contributed by atoms with van der Waals surface area (Å²) in [6.07, 6.45) is 14.0. The van der Waals surface area contributed by atoms with Crippen molar-refractivity contribution in [1.29, 1.82) is 0 Å². The van der Waals surface area contributed by atoms with Gasteiger partial charge in [-0.1, -0.05) is 90.9 Å². The molecule has 0 aliphatic rings. The van der Waals surface area contributed by atoms with E-state index < -0.39 is 30.1 Å². The first-order valence-electron chi connectivity index (χ1n) is 11.9. The van der Waals surface area contributed by atoms with E-state index in [1.807, 2.05) is 0 Å². The van der Waals surface area contributed by atoms with Crippen LogP contribution in [0.2, 0.25) is 0 Å². The molecule has 0 saturated carbocycles. The predicted molar refractivity (Wildman–Crippen MR) is 118 cm³/mol. The Balaban J connectivity index is 3.48. The van der Waals surface area contributed by atoms with Gasteiger partial charge in [0.15, 0.2) is 12.2 Å². The topological polar surface area (TPSA) is 89.9 Å². The molecule has 0 bridgehead atoms. The minimum Gasteiger partial charge on any atom is -0.479 e. The molecular formula is C24H44O6. The number of carboxylic acids is 1. The van der Waals surface area contributed by atoms with Crippen LogP contribution in [0.4, 0.5) is 0 Å². The zero-order valence-electron chi connectivity index (χ0n) is 19.6. The average Bonchev–Trinajstić information content (AvgIpc) is 2.67. The van der Waals surface area contributed by atoms with Crippen molar-refractivity contribution in [2.45, 2.75) is 130 Å². The van der Waals surface area contributed by atoms with Gasteiger partial charge in [-0.2, -0.15) is 0 Å². The molecule has 0 heterocycles. The number of rotatable bonds is 19. The van der Waals surface area contributed by atoms with Gasteiger partial charge in [-0.15, -0.1) is 0 Å².